The molecule has 5 nitrogen and oxygen atoms in total. The first-order valence-electron chi connectivity index (χ1n) is 15.7. The average Bonchev–Trinajstić information content (AvgIpc) is 3.35. The van der Waals surface area contributed by atoms with E-state index < -0.39 is 11.7 Å². The molecule has 0 amide bonds. The van der Waals surface area contributed by atoms with E-state index in [1.54, 1.807) is 0 Å². The fourth-order valence-electron chi connectivity index (χ4n) is 13.0. The van der Waals surface area contributed by atoms with Gasteiger partial charge < -0.3 is 14.6 Å². The number of piperidine rings is 2. The van der Waals surface area contributed by atoms with Gasteiger partial charge in [0.2, 0.25) is 0 Å². The van der Waals surface area contributed by atoms with Crippen molar-refractivity contribution in [2.45, 2.75) is 142 Å². The molecular formula is C32H51NO4. The highest BCUT2D eigenvalue weighted by Crippen LogP contribution is 2.79. The van der Waals surface area contributed by atoms with Crippen molar-refractivity contribution in [1.29, 1.82) is 0 Å². The molecule has 4 heterocycles. The summed E-state index contributed by atoms with van der Waals surface area (Å²) in [5.74, 6) is 3.13. The molecule has 7 rings (SSSR count). The molecular weight excluding hydrogens is 462 g/mol. The molecule has 0 aromatic carbocycles. The van der Waals surface area contributed by atoms with Crippen LogP contribution in [0.3, 0.4) is 0 Å². The first kappa shape index (κ1) is 25.3. The molecule has 3 saturated carbocycles. The first-order valence-corrected chi connectivity index (χ1v) is 15.7. The summed E-state index contributed by atoms with van der Waals surface area (Å²) in [4.78, 5) is 15.2. The van der Waals surface area contributed by atoms with Gasteiger partial charge in [-0.2, -0.15) is 0 Å². The Morgan fingerprint density at radius 1 is 1.08 bits per heavy atom. The number of carbonyl (C=O) groups excluding carboxylic acids is 1. The molecule has 37 heavy (non-hydrogen) atoms. The van der Waals surface area contributed by atoms with Crippen molar-refractivity contribution in [2.24, 2.45) is 45.8 Å². The zero-order chi connectivity index (χ0) is 26.2. The van der Waals surface area contributed by atoms with Gasteiger partial charge in [0.05, 0.1) is 11.0 Å². The fourth-order valence-corrected chi connectivity index (χ4v) is 13.0. The third-order valence-electron chi connectivity index (χ3n) is 14.5. The van der Waals surface area contributed by atoms with Crippen LogP contribution >= 0.6 is 0 Å². The fraction of sp³-hybridized carbons (Fsp3) is 0.969. The van der Waals surface area contributed by atoms with Gasteiger partial charge in [-0.25, -0.2) is 0 Å². The van der Waals surface area contributed by atoms with E-state index in [9.17, 15) is 9.90 Å². The molecule has 3 aliphatic carbocycles. The predicted octanol–water partition coefficient (Wildman–Crippen LogP) is 5.93. The smallest absolute Gasteiger partial charge is 0.302 e. The Labute approximate surface area is 224 Å². The molecule has 3 unspecified atom stereocenters. The second kappa shape index (κ2) is 7.75. The Morgan fingerprint density at radius 2 is 1.86 bits per heavy atom. The Morgan fingerprint density at radius 3 is 2.59 bits per heavy atom. The molecule has 4 aliphatic heterocycles. The summed E-state index contributed by atoms with van der Waals surface area (Å²) < 4.78 is 12.3. The van der Waals surface area contributed by atoms with Crippen LogP contribution in [-0.4, -0.2) is 52.1 Å². The molecule has 4 saturated heterocycles. The minimum absolute atomic E-state index is 0.204. The monoisotopic (exact) mass is 513 g/mol. The SMILES string of the molecule is CC(=O)OC1CC[C@]2(C)OC(O)[C@]1(C)[C@H]2CC[C@]12[C@@H]3[C@@H](C(C)C)CC[C@@]1(C)[C@@H]1CC[C@@]4(CCC[C@H]42)N3C1. The summed E-state index contributed by atoms with van der Waals surface area (Å²) >= 11 is 0. The van der Waals surface area contributed by atoms with Gasteiger partial charge in [0.15, 0.2) is 6.29 Å². The van der Waals surface area contributed by atoms with Gasteiger partial charge in [-0.3, -0.25) is 9.69 Å². The number of ether oxygens (including phenoxy) is 2. The lowest BCUT2D eigenvalue weighted by molar-refractivity contribution is -0.188. The maximum absolute atomic E-state index is 12.1. The van der Waals surface area contributed by atoms with Crippen molar-refractivity contribution >= 4 is 5.97 Å². The molecule has 7 fully saturated rings. The van der Waals surface area contributed by atoms with Crippen LogP contribution in [-0.2, 0) is 14.3 Å². The number of aliphatic hydroxyl groups excluding tert-OH is 1. The lowest BCUT2D eigenvalue weighted by Crippen LogP contribution is -2.68. The van der Waals surface area contributed by atoms with E-state index in [-0.39, 0.29) is 23.6 Å². The molecule has 208 valence electrons. The summed E-state index contributed by atoms with van der Waals surface area (Å²) in [5, 5.41) is 11.3. The summed E-state index contributed by atoms with van der Waals surface area (Å²) in [6.45, 7) is 14.9. The Hall–Kier alpha value is -0.650. The van der Waals surface area contributed by atoms with Crippen LogP contribution in [0.25, 0.3) is 0 Å². The van der Waals surface area contributed by atoms with E-state index in [2.05, 4.69) is 39.5 Å². The van der Waals surface area contributed by atoms with Crippen LogP contribution in [0.1, 0.15) is 112 Å². The highest BCUT2D eigenvalue weighted by molar-refractivity contribution is 5.66. The minimum Gasteiger partial charge on any atom is -0.462 e. The standard InChI is InChI=1S/C32H51NO4/c1-19(2)22-10-14-28(4)21-9-16-31-13-7-8-24(31)32(28,26(22)33(31)18-21)17-11-23-29(5)15-12-25(36-20(3)34)30(23,6)27(35)37-29/h19,21-27,35H,7-18H2,1-6H3/t21-,22-,23+,24-,25?,26+,27?,28+,29+,30-,31-,32+/m1/s1. The average molecular weight is 514 g/mol. The number of nitrogens with zero attached hydrogens (tertiary/aromatic N) is 1. The highest BCUT2D eigenvalue weighted by atomic mass is 16.6. The van der Waals surface area contributed by atoms with Gasteiger partial charge in [0, 0.05) is 31.0 Å². The van der Waals surface area contributed by atoms with Crippen molar-refractivity contribution in [1.82, 2.24) is 4.90 Å². The van der Waals surface area contributed by atoms with Crippen LogP contribution in [0, 0.1) is 45.8 Å². The van der Waals surface area contributed by atoms with E-state index in [0.29, 0.717) is 22.4 Å². The van der Waals surface area contributed by atoms with Crippen LogP contribution in [0.15, 0.2) is 0 Å². The molecule has 0 radical (unpaired) electrons. The van der Waals surface area contributed by atoms with Gasteiger partial charge >= 0.3 is 5.97 Å². The number of hydrogen-bond donors (Lipinski definition) is 1. The quantitative estimate of drug-likeness (QED) is 0.462. The maximum atomic E-state index is 12.1. The van der Waals surface area contributed by atoms with Gasteiger partial charge in [0.25, 0.3) is 0 Å². The number of rotatable bonds is 5. The van der Waals surface area contributed by atoms with Crippen LogP contribution < -0.4 is 0 Å². The van der Waals surface area contributed by atoms with E-state index in [1.807, 2.05) is 0 Å². The van der Waals surface area contributed by atoms with Gasteiger partial charge in [-0.15, -0.1) is 0 Å². The molecule has 0 aromatic heterocycles. The lowest BCUT2D eigenvalue weighted by atomic mass is 9.41. The highest BCUT2D eigenvalue weighted by Gasteiger charge is 2.80. The van der Waals surface area contributed by atoms with Crippen LogP contribution in [0.5, 0.6) is 0 Å². The molecule has 1 N–H and O–H groups in total. The lowest BCUT2D eigenvalue weighted by Gasteiger charge is -2.67. The van der Waals surface area contributed by atoms with Gasteiger partial charge in [-0.1, -0.05) is 34.1 Å². The van der Waals surface area contributed by atoms with Crippen molar-refractivity contribution in [2.75, 3.05) is 6.54 Å². The summed E-state index contributed by atoms with van der Waals surface area (Å²) in [7, 11) is 0. The zero-order valence-electron chi connectivity index (χ0n) is 24.2. The number of fused-ring (bicyclic) bond motifs is 4. The topological polar surface area (TPSA) is 59.0 Å². The Balaban J connectivity index is 1.30. The van der Waals surface area contributed by atoms with Crippen LogP contribution in [0.4, 0.5) is 0 Å². The van der Waals surface area contributed by atoms with Gasteiger partial charge in [-0.05, 0) is 106 Å². The number of aliphatic hydroxyl groups is 1. The maximum Gasteiger partial charge on any atom is 0.302 e. The zero-order valence-corrected chi connectivity index (χ0v) is 24.2. The molecule has 0 aromatic rings. The first-order chi connectivity index (χ1) is 17.4. The van der Waals surface area contributed by atoms with Gasteiger partial charge in [0.1, 0.15) is 6.10 Å². The van der Waals surface area contributed by atoms with Crippen molar-refractivity contribution in [3.8, 4) is 0 Å². The molecule has 5 heteroatoms. The van der Waals surface area contributed by atoms with Crippen molar-refractivity contribution < 1.29 is 19.4 Å². The van der Waals surface area contributed by atoms with E-state index in [1.165, 1.54) is 64.8 Å². The van der Waals surface area contributed by atoms with E-state index in [0.717, 1.165) is 42.9 Å². The summed E-state index contributed by atoms with van der Waals surface area (Å²) in [6.07, 6.45) is 12.7. The predicted molar refractivity (Wildman–Crippen MR) is 143 cm³/mol. The molecule has 13 atom stereocenters. The largest absolute Gasteiger partial charge is 0.462 e. The van der Waals surface area contributed by atoms with Crippen LogP contribution in [0.2, 0.25) is 0 Å². The minimum atomic E-state index is -0.870. The third-order valence-corrected chi connectivity index (χ3v) is 14.5. The van der Waals surface area contributed by atoms with Crippen molar-refractivity contribution in [3.05, 3.63) is 0 Å². The molecule has 7 bridgehead atoms. The van der Waals surface area contributed by atoms with E-state index >= 15 is 0 Å². The molecule has 7 aliphatic rings. The molecule has 1 spiro atoms. The summed E-state index contributed by atoms with van der Waals surface area (Å²) in [6, 6.07) is 0.713. The number of esters is 1. The second-order valence-electron chi connectivity index (χ2n) is 15.7. The number of carbonyl (C=O) groups is 1. The van der Waals surface area contributed by atoms with E-state index in [4.69, 9.17) is 9.47 Å². The Kier molecular flexibility index (Phi) is 5.31. The Bertz CT molecular complexity index is 984. The normalized spacial score (nSPS) is 59.1. The second-order valence-corrected chi connectivity index (χ2v) is 15.7. The van der Waals surface area contributed by atoms with Crippen molar-refractivity contribution in [3.63, 3.8) is 0 Å². The third kappa shape index (κ3) is 2.81. The summed E-state index contributed by atoms with van der Waals surface area (Å²) in [5.41, 5.74) is 0.348. The number of hydrogen-bond acceptors (Lipinski definition) is 5.